The second-order valence-corrected chi connectivity index (χ2v) is 8.71. The molecule has 0 saturated heterocycles. The molecule has 1 aromatic carbocycles. The van der Waals surface area contributed by atoms with Gasteiger partial charge in [-0.05, 0) is 55.4 Å². The number of amides is 1. The number of hydrogen-bond donors (Lipinski definition) is 3. The zero-order valence-corrected chi connectivity index (χ0v) is 19.6. The number of nitrogens with one attached hydrogen (secondary N) is 3. The van der Waals surface area contributed by atoms with E-state index >= 15 is 0 Å². The number of rotatable bonds is 13. The van der Waals surface area contributed by atoms with Crippen LogP contribution >= 0.6 is 12.2 Å². The van der Waals surface area contributed by atoms with Crippen molar-refractivity contribution in [1.82, 2.24) is 10.6 Å². The van der Waals surface area contributed by atoms with Crippen LogP contribution in [0.2, 0.25) is 0 Å². The van der Waals surface area contributed by atoms with Crippen LogP contribution in [0.1, 0.15) is 65.7 Å². The van der Waals surface area contributed by atoms with Crippen molar-refractivity contribution in [2.75, 3.05) is 19.0 Å². The number of hydrogen-bond acceptors (Lipinski definition) is 4. The topological polar surface area (TPSA) is 79.5 Å². The molecule has 7 heteroatoms. The van der Waals surface area contributed by atoms with E-state index in [4.69, 9.17) is 17.0 Å². The monoisotopic (exact) mass is 435 g/mol. The van der Waals surface area contributed by atoms with E-state index in [1.165, 1.54) is 7.11 Å². The second kappa shape index (κ2) is 14.0. The van der Waals surface area contributed by atoms with E-state index in [0.717, 1.165) is 31.4 Å². The Kier molecular flexibility index (Phi) is 12.0. The largest absolute Gasteiger partial charge is 0.469 e. The van der Waals surface area contributed by atoms with Crippen molar-refractivity contribution in [2.45, 2.75) is 71.8 Å². The molecule has 1 rings (SSSR count). The summed E-state index contributed by atoms with van der Waals surface area (Å²) in [6.45, 7) is 7.29. The standard InChI is InChI=1S/C23H37N3O3S/c1-5-23(2,3)17-19(13-9-15-21(28)29-4)26-22(30)24-16-10-14-20(27)25-18-11-7-6-8-12-18/h6-8,11-12,19H,5,9-10,13-17H2,1-4H3,(H,25,27)(H2,24,26,30)/t19-/m1/s1. The van der Waals surface area contributed by atoms with E-state index in [9.17, 15) is 9.59 Å². The van der Waals surface area contributed by atoms with Gasteiger partial charge in [0.1, 0.15) is 0 Å². The highest BCUT2D eigenvalue weighted by Gasteiger charge is 2.22. The Hall–Kier alpha value is -2.15. The molecule has 168 valence electrons. The number of ether oxygens (including phenoxy) is 1. The summed E-state index contributed by atoms with van der Waals surface area (Å²) in [5.74, 6) is -0.190. The molecule has 6 nitrogen and oxygen atoms in total. The van der Waals surface area contributed by atoms with Gasteiger partial charge in [-0.3, -0.25) is 9.59 Å². The minimum Gasteiger partial charge on any atom is -0.469 e. The summed E-state index contributed by atoms with van der Waals surface area (Å²) < 4.78 is 4.73. The van der Waals surface area contributed by atoms with Gasteiger partial charge >= 0.3 is 5.97 Å². The van der Waals surface area contributed by atoms with Crippen molar-refractivity contribution in [3.05, 3.63) is 30.3 Å². The van der Waals surface area contributed by atoms with Crippen molar-refractivity contribution in [3.8, 4) is 0 Å². The summed E-state index contributed by atoms with van der Waals surface area (Å²) in [5, 5.41) is 10.1. The summed E-state index contributed by atoms with van der Waals surface area (Å²) in [5.41, 5.74) is 0.995. The van der Waals surface area contributed by atoms with Crippen LogP contribution in [0.5, 0.6) is 0 Å². The third-order valence-corrected chi connectivity index (χ3v) is 5.44. The lowest BCUT2D eigenvalue weighted by molar-refractivity contribution is -0.140. The van der Waals surface area contributed by atoms with Gasteiger partial charge in [-0.2, -0.15) is 0 Å². The van der Waals surface area contributed by atoms with Crippen molar-refractivity contribution >= 4 is 34.9 Å². The van der Waals surface area contributed by atoms with Gasteiger partial charge in [0.05, 0.1) is 7.11 Å². The molecule has 3 N–H and O–H groups in total. The van der Waals surface area contributed by atoms with E-state index in [1.54, 1.807) is 0 Å². The first-order chi connectivity index (χ1) is 14.3. The SMILES string of the molecule is CCC(C)(C)C[C@@H](CCCC(=O)OC)NC(=S)NCCCC(=O)Nc1ccccc1. The molecule has 30 heavy (non-hydrogen) atoms. The van der Waals surface area contributed by atoms with E-state index in [1.807, 2.05) is 30.3 Å². The predicted octanol–water partition coefficient (Wildman–Crippen LogP) is 4.41. The van der Waals surface area contributed by atoms with Gasteiger partial charge in [-0.25, -0.2) is 0 Å². The zero-order chi connectivity index (χ0) is 22.4. The van der Waals surface area contributed by atoms with Crippen LogP contribution in [0.25, 0.3) is 0 Å². The molecule has 0 unspecified atom stereocenters. The third-order valence-electron chi connectivity index (χ3n) is 5.18. The molecule has 0 aliphatic heterocycles. The van der Waals surface area contributed by atoms with E-state index in [2.05, 4.69) is 36.7 Å². The molecule has 0 spiro atoms. The summed E-state index contributed by atoms with van der Waals surface area (Å²) in [4.78, 5) is 23.4. The van der Waals surface area contributed by atoms with Crippen molar-refractivity contribution in [2.24, 2.45) is 5.41 Å². The maximum atomic E-state index is 12.0. The highest BCUT2D eigenvalue weighted by Crippen LogP contribution is 2.27. The van der Waals surface area contributed by atoms with Crippen LogP contribution < -0.4 is 16.0 Å². The summed E-state index contributed by atoms with van der Waals surface area (Å²) in [6, 6.07) is 9.62. The number of carbonyl (C=O) groups is 2. The minimum absolute atomic E-state index is 0.00717. The number of thiocarbonyl (C=S) groups is 1. The molecular weight excluding hydrogens is 398 g/mol. The summed E-state index contributed by atoms with van der Waals surface area (Å²) in [7, 11) is 1.41. The Bertz CT molecular complexity index is 665. The fraction of sp³-hybridized carbons (Fsp3) is 0.609. The fourth-order valence-corrected chi connectivity index (χ4v) is 3.33. The number of para-hydroxylation sites is 1. The van der Waals surface area contributed by atoms with Crippen LogP contribution in [0.4, 0.5) is 5.69 Å². The first-order valence-corrected chi connectivity index (χ1v) is 11.1. The molecule has 0 aliphatic carbocycles. The fourth-order valence-electron chi connectivity index (χ4n) is 3.06. The summed E-state index contributed by atoms with van der Waals surface area (Å²) in [6.07, 6.45) is 5.17. The zero-order valence-electron chi connectivity index (χ0n) is 18.8. The van der Waals surface area contributed by atoms with Crippen molar-refractivity contribution in [3.63, 3.8) is 0 Å². The first kappa shape index (κ1) is 25.9. The molecule has 1 aromatic rings. The molecule has 0 saturated carbocycles. The predicted molar refractivity (Wildman–Crippen MR) is 126 cm³/mol. The van der Waals surface area contributed by atoms with Gasteiger partial charge in [0, 0.05) is 31.1 Å². The van der Waals surface area contributed by atoms with Crippen LogP contribution in [0.15, 0.2) is 30.3 Å². The van der Waals surface area contributed by atoms with Crippen molar-refractivity contribution in [1.29, 1.82) is 0 Å². The Balaban J connectivity index is 2.36. The van der Waals surface area contributed by atoms with E-state index in [0.29, 0.717) is 30.9 Å². The van der Waals surface area contributed by atoms with Crippen LogP contribution in [-0.2, 0) is 14.3 Å². The molecule has 0 aliphatic rings. The number of esters is 1. The Morgan fingerprint density at radius 1 is 1.13 bits per heavy atom. The molecule has 0 aromatic heterocycles. The average Bonchev–Trinajstić information content (AvgIpc) is 2.71. The molecule has 0 heterocycles. The third kappa shape index (κ3) is 11.8. The van der Waals surface area contributed by atoms with E-state index in [-0.39, 0.29) is 23.3 Å². The van der Waals surface area contributed by atoms with Gasteiger partial charge in [0.15, 0.2) is 5.11 Å². The van der Waals surface area contributed by atoms with Gasteiger partial charge in [-0.15, -0.1) is 0 Å². The molecule has 0 radical (unpaired) electrons. The summed E-state index contributed by atoms with van der Waals surface area (Å²) >= 11 is 5.45. The van der Waals surface area contributed by atoms with Crippen LogP contribution in [0.3, 0.4) is 0 Å². The van der Waals surface area contributed by atoms with Crippen LogP contribution in [0, 0.1) is 5.41 Å². The quantitative estimate of drug-likeness (QED) is 0.242. The highest BCUT2D eigenvalue weighted by atomic mass is 32.1. The average molecular weight is 436 g/mol. The van der Waals surface area contributed by atoms with Gasteiger partial charge < -0.3 is 20.7 Å². The Labute approximate surface area is 186 Å². The maximum Gasteiger partial charge on any atom is 0.305 e. The maximum absolute atomic E-state index is 12.0. The number of methoxy groups -OCH3 is 1. The van der Waals surface area contributed by atoms with Gasteiger partial charge in [0.25, 0.3) is 0 Å². The molecular formula is C23H37N3O3S. The molecule has 0 fully saturated rings. The lowest BCUT2D eigenvalue weighted by atomic mass is 9.82. The highest BCUT2D eigenvalue weighted by molar-refractivity contribution is 7.80. The first-order valence-electron chi connectivity index (χ1n) is 10.7. The van der Waals surface area contributed by atoms with E-state index < -0.39 is 0 Å². The Morgan fingerprint density at radius 3 is 2.47 bits per heavy atom. The molecule has 0 bridgehead atoms. The lowest BCUT2D eigenvalue weighted by Crippen LogP contribution is -2.44. The van der Waals surface area contributed by atoms with Crippen molar-refractivity contribution < 1.29 is 14.3 Å². The smallest absolute Gasteiger partial charge is 0.305 e. The number of anilines is 1. The minimum atomic E-state index is -0.182. The van der Waals surface area contributed by atoms with Gasteiger partial charge in [0.2, 0.25) is 5.91 Å². The van der Waals surface area contributed by atoms with Gasteiger partial charge in [-0.1, -0.05) is 45.4 Å². The molecule has 1 amide bonds. The number of benzene rings is 1. The second-order valence-electron chi connectivity index (χ2n) is 8.31. The normalized spacial score (nSPS) is 12.0. The lowest BCUT2D eigenvalue weighted by Gasteiger charge is -2.30. The van der Waals surface area contributed by atoms with Crippen LogP contribution in [-0.4, -0.2) is 36.7 Å². The Morgan fingerprint density at radius 2 is 1.83 bits per heavy atom. The molecule has 1 atom stereocenters. The number of carbonyl (C=O) groups excluding carboxylic acids is 2.